The number of hydrogen-bond acceptors (Lipinski definition) is 5. The number of ketones is 1. The van der Waals surface area contributed by atoms with Crippen molar-refractivity contribution in [3.8, 4) is 0 Å². The predicted octanol–water partition coefficient (Wildman–Crippen LogP) is 2.88. The lowest BCUT2D eigenvalue weighted by Crippen LogP contribution is -2.55. The van der Waals surface area contributed by atoms with Crippen LogP contribution < -0.4 is 0 Å². The van der Waals surface area contributed by atoms with E-state index in [1.807, 2.05) is 6.92 Å². The average molecular weight is 384 g/mol. The molecule has 0 aromatic rings. The number of aliphatic hydroxyl groups excluding tert-OH is 1. The Bertz CT molecular complexity index is 758. The van der Waals surface area contributed by atoms with Crippen LogP contribution in [0.1, 0.15) is 58.8 Å². The molecule has 0 radical (unpaired) electrons. The van der Waals surface area contributed by atoms with E-state index in [0.29, 0.717) is 18.3 Å². The van der Waals surface area contributed by atoms with Gasteiger partial charge in [-0.25, -0.2) is 0 Å². The predicted molar refractivity (Wildman–Crippen MR) is 94.2 cm³/mol. The summed E-state index contributed by atoms with van der Waals surface area (Å²) < 4.78 is 35.6. The quantitative estimate of drug-likeness (QED) is 0.710. The van der Waals surface area contributed by atoms with E-state index < -0.39 is 15.8 Å². The second kappa shape index (κ2) is 5.79. The van der Waals surface area contributed by atoms with E-state index in [1.165, 1.54) is 6.08 Å². The lowest BCUT2D eigenvalue weighted by atomic mass is 9.45. The largest absolute Gasteiger partial charge is 0.446 e. The van der Waals surface area contributed by atoms with E-state index in [2.05, 4.69) is 11.1 Å². The molecule has 3 saturated carbocycles. The highest BCUT2D eigenvalue weighted by Gasteiger charge is 2.61. The highest BCUT2D eigenvalue weighted by Crippen LogP contribution is 2.65. The molecule has 0 aliphatic heterocycles. The van der Waals surface area contributed by atoms with E-state index >= 15 is 0 Å². The van der Waals surface area contributed by atoms with E-state index in [1.54, 1.807) is 0 Å². The van der Waals surface area contributed by atoms with Gasteiger partial charge in [-0.15, -0.1) is 0 Å². The summed E-state index contributed by atoms with van der Waals surface area (Å²) in [7, 11) is -4.60. The first-order valence-corrected chi connectivity index (χ1v) is 11.0. The minimum absolute atomic E-state index is 0.0358. The van der Waals surface area contributed by atoms with Crippen LogP contribution in [-0.4, -0.2) is 30.0 Å². The van der Waals surface area contributed by atoms with Crippen molar-refractivity contribution < 1.29 is 27.1 Å². The van der Waals surface area contributed by atoms with Crippen LogP contribution in [0, 0.1) is 34.5 Å². The molecule has 0 saturated heterocycles. The fourth-order valence-corrected chi connectivity index (χ4v) is 7.33. The average Bonchev–Trinajstić information content (AvgIpc) is 2.81. The van der Waals surface area contributed by atoms with Crippen LogP contribution in [-0.2, 0) is 19.4 Å². The van der Waals surface area contributed by atoms with Crippen molar-refractivity contribution in [3.63, 3.8) is 0 Å². The second-order valence-corrected chi connectivity index (χ2v) is 10.4. The van der Waals surface area contributed by atoms with Gasteiger partial charge in [0.1, 0.15) is 5.76 Å². The van der Waals surface area contributed by atoms with E-state index in [4.69, 9.17) is 4.55 Å². The maximum atomic E-state index is 13.1. The maximum Gasteiger partial charge on any atom is 0.446 e. The first kappa shape index (κ1) is 18.4. The van der Waals surface area contributed by atoms with Gasteiger partial charge in [-0.3, -0.25) is 9.35 Å². The van der Waals surface area contributed by atoms with Gasteiger partial charge < -0.3 is 9.29 Å². The van der Waals surface area contributed by atoms with E-state index in [9.17, 15) is 18.3 Å². The van der Waals surface area contributed by atoms with Gasteiger partial charge in [0, 0.05) is 17.9 Å². The number of carbonyl (C=O) groups excluding carboxylic acids is 1. The Morgan fingerprint density at radius 1 is 1.19 bits per heavy atom. The first-order valence-electron chi connectivity index (χ1n) is 9.63. The van der Waals surface area contributed by atoms with Crippen LogP contribution in [0.15, 0.2) is 11.8 Å². The van der Waals surface area contributed by atoms with Crippen molar-refractivity contribution >= 4 is 16.2 Å². The summed E-state index contributed by atoms with van der Waals surface area (Å²) in [6.07, 6.45) is 6.98. The zero-order chi connectivity index (χ0) is 18.9. The smallest absolute Gasteiger partial charge is 0.393 e. The molecule has 7 heteroatoms. The number of aliphatic hydroxyl groups is 1. The van der Waals surface area contributed by atoms with Crippen LogP contribution in [0.3, 0.4) is 0 Å². The fourth-order valence-electron chi connectivity index (χ4n) is 6.95. The van der Waals surface area contributed by atoms with Gasteiger partial charge in [0.05, 0.1) is 6.10 Å². The monoisotopic (exact) mass is 384 g/mol. The molecule has 3 fully saturated rings. The van der Waals surface area contributed by atoms with Crippen molar-refractivity contribution in [3.05, 3.63) is 11.8 Å². The fraction of sp³-hybridized carbons (Fsp3) is 0.842. The Morgan fingerprint density at radius 3 is 2.62 bits per heavy atom. The Hall–Kier alpha value is -0.920. The molecule has 7 atom stereocenters. The number of fused-ring (bicyclic) bond motifs is 5. The minimum atomic E-state index is -4.60. The summed E-state index contributed by atoms with van der Waals surface area (Å²) in [6, 6.07) is 0. The van der Waals surface area contributed by atoms with Crippen molar-refractivity contribution in [1.82, 2.24) is 0 Å². The molecule has 4 aliphatic carbocycles. The third kappa shape index (κ3) is 2.74. The lowest BCUT2D eigenvalue weighted by Gasteiger charge is -2.58. The van der Waals surface area contributed by atoms with Crippen molar-refractivity contribution in [2.75, 3.05) is 0 Å². The number of carbonyl (C=O) groups is 1. The van der Waals surface area contributed by atoms with Gasteiger partial charge in [-0.2, -0.15) is 8.42 Å². The van der Waals surface area contributed by atoms with Crippen LogP contribution in [0.2, 0.25) is 0 Å². The molecule has 2 N–H and O–H groups in total. The topological polar surface area (TPSA) is 101 Å². The molecule has 4 aliphatic rings. The Labute approximate surface area is 155 Å². The molecule has 26 heavy (non-hydrogen) atoms. The zero-order valence-corrected chi connectivity index (χ0v) is 16.2. The summed E-state index contributed by atoms with van der Waals surface area (Å²) in [6.45, 7) is 4.32. The third-order valence-electron chi connectivity index (χ3n) is 8.13. The van der Waals surface area contributed by atoms with Gasteiger partial charge in [0.2, 0.25) is 0 Å². The van der Waals surface area contributed by atoms with Gasteiger partial charge >= 0.3 is 10.4 Å². The standard InChI is InChI=1S/C19H28O6S/c1-18-6-5-15-14(16(18)8-12(20)10-18)4-3-11-7-13(25-26(22,23)24)9-17(21)19(11,15)2/h9,11-12,14-16,20H,3-8,10H2,1-2H3,(H,22,23,24)/t11?,12-,14-,15+,16+,18-,19+/m1/s1. The summed E-state index contributed by atoms with van der Waals surface area (Å²) >= 11 is 0. The highest BCUT2D eigenvalue weighted by molar-refractivity contribution is 7.81. The number of rotatable bonds is 2. The number of allylic oxidation sites excluding steroid dienone is 2. The van der Waals surface area contributed by atoms with Gasteiger partial charge in [0.25, 0.3) is 0 Å². The third-order valence-corrected chi connectivity index (χ3v) is 8.56. The van der Waals surface area contributed by atoms with Crippen LogP contribution >= 0.6 is 0 Å². The van der Waals surface area contributed by atoms with Crippen LogP contribution in [0.5, 0.6) is 0 Å². The minimum Gasteiger partial charge on any atom is -0.393 e. The maximum absolute atomic E-state index is 13.1. The Morgan fingerprint density at radius 2 is 1.92 bits per heavy atom. The molecule has 0 amide bonds. The summed E-state index contributed by atoms with van der Waals surface area (Å²) in [5.74, 6) is 1.17. The molecule has 4 rings (SSSR count). The molecular formula is C19H28O6S. The van der Waals surface area contributed by atoms with E-state index in [0.717, 1.165) is 38.5 Å². The zero-order valence-electron chi connectivity index (χ0n) is 15.3. The second-order valence-electron chi connectivity index (χ2n) is 9.41. The highest BCUT2D eigenvalue weighted by atomic mass is 32.3. The van der Waals surface area contributed by atoms with Gasteiger partial charge in [-0.1, -0.05) is 13.8 Å². The normalized spacial score (nSPS) is 48.2. The molecule has 0 aromatic carbocycles. The summed E-state index contributed by atoms with van der Waals surface area (Å²) in [5, 5.41) is 10.2. The summed E-state index contributed by atoms with van der Waals surface area (Å²) in [4.78, 5) is 13.1. The van der Waals surface area contributed by atoms with Gasteiger partial charge in [0.15, 0.2) is 5.78 Å². The molecule has 0 spiro atoms. The van der Waals surface area contributed by atoms with Crippen LogP contribution in [0.4, 0.5) is 0 Å². The van der Waals surface area contributed by atoms with Crippen molar-refractivity contribution in [1.29, 1.82) is 0 Å². The van der Waals surface area contributed by atoms with Crippen molar-refractivity contribution in [2.24, 2.45) is 34.5 Å². The molecular weight excluding hydrogens is 356 g/mol. The Kier molecular flexibility index (Phi) is 4.11. The molecule has 0 bridgehead atoms. The van der Waals surface area contributed by atoms with E-state index in [-0.39, 0.29) is 34.9 Å². The molecule has 6 nitrogen and oxygen atoms in total. The first-order chi connectivity index (χ1) is 12.0. The SMILES string of the molecule is C[C@]12CC[C@H]3[C@@H](CCC4CC(OS(=O)(=O)O)=CC(=O)[C@@]43C)[C@@H]1C[C@@H](O)C2. The molecule has 0 heterocycles. The van der Waals surface area contributed by atoms with Crippen molar-refractivity contribution in [2.45, 2.75) is 64.9 Å². The van der Waals surface area contributed by atoms with Crippen LogP contribution in [0.25, 0.3) is 0 Å². The molecule has 1 unspecified atom stereocenters. The summed E-state index contributed by atoms with van der Waals surface area (Å²) in [5.41, 5.74) is -0.333. The molecule has 146 valence electrons. The lowest BCUT2D eigenvalue weighted by molar-refractivity contribution is -0.146. The van der Waals surface area contributed by atoms with Gasteiger partial charge in [-0.05, 0) is 67.6 Å². The number of hydrogen-bond donors (Lipinski definition) is 2. The molecule has 0 aromatic heterocycles. The Balaban J connectivity index is 1.64.